The standard InChI is InChI=1S/C37H53ClN11O7PS/c1-19-30(21(3)50)34(53)49(25-7-5-6-8-25)32(31(19)57)46-35(39)45-28-12-10-24(16-41-28)42-18-40-17-29(51)48-56-14-13-55-37(54)44-27-15-23(38)9-11-26(27)33(52)47-36-43-20(2)22(4)58-36/h9-12,16,25,27-28,31-32,36,40-43H,5-8,13-15,17-18,57H2,1-4H3,(H,44,54)(H,47,52)(H,48,51)(H3,39,45,46). The van der Waals surface area contributed by atoms with Gasteiger partial charge < -0.3 is 47.3 Å². The third kappa shape index (κ3) is 12.0. The van der Waals surface area contributed by atoms with Gasteiger partial charge >= 0.3 is 6.09 Å². The Labute approximate surface area is 349 Å². The number of nitrogens with zero attached hydrogens (tertiary/aromatic N) is 2. The van der Waals surface area contributed by atoms with Crippen molar-refractivity contribution in [1.82, 2.24) is 47.6 Å². The van der Waals surface area contributed by atoms with Gasteiger partial charge in [0.15, 0.2) is 17.2 Å². The molecule has 3 heterocycles. The predicted molar refractivity (Wildman–Crippen MR) is 225 cm³/mol. The van der Waals surface area contributed by atoms with E-state index in [9.17, 15) is 24.0 Å². The van der Waals surface area contributed by atoms with Crippen molar-refractivity contribution < 1.29 is 33.5 Å². The van der Waals surface area contributed by atoms with Crippen LogP contribution in [-0.4, -0.2) is 102 Å². The van der Waals surface area contributed by atoms with Crippen LogP contribution < -0.4 is 48.4 Å². The molecule has 4 amide bonds. The molecule has 1 saturated carbocycles. The molecule has 5 aliphatic rings. The molecule has 0 aromatic heterocycles. The third-order valence-corrected chi connectivity index (χ3v) is 12.2. The minimum absolute atomic E-state index is 0.00263. The highest BCUT2D eigenvalue weighted by molar-refractivity contribution is 8.03. The molecular formula is C37H53ClN11O7PS. The van der Waals surface area contributed by atoms with Crippen molar-refractivity contribution in [2.45, 2.75) is 95.4 Å². The van der Waals surface area contributed by atoms with Gasteiger partial charge in [0.05, 0.1) is 30.5 Å². The molecule has 10 N–H and O–H groups in total. The fraction of sp³-hybridized carbons (Fsp3) is 0.514. The van der Waals surface area contributed by atoms with E-state index >= 15 is 0 Å². The fourth-order valence-corrected chi connectivity index (χ4v) is 8.55. The van der Waals surface area contributed by atoms with Gasteiger partial charge in [-0.1, -0.05) is 42.3 Å². The highest BCUT2D eigenvalue weighted by Gasteiger charge is 2.43. The summed E-state index contributed by atoms with van der Waals surface area (Å²) < 4.78 is 5.17. The van der Waals surface area contributed by atoms with E-state index in [-0.39, 0.29) is 85.3 Å². The SMILES string of the molecule is CC(=O)C1=C(C)C(P)C(/N=C(\N)NC2C=CC(NCNCC(=O)NOCCOC(=O)NC3CC(Cl)=CC=C3C(=O)NC3NC(C)=C(C)S3)=CN2)N(C2CCCC2)C1=O. The molecule has 18 nitrogen and oxygen atoms in total. The zero-order chi connectivity index (χ0) is 41.9. The monoisotopic (exact) mass is 861 g/mol. The van der Waals surface area contributed by atoms with Gasteiger partial charge in [0.1, 0.15) is 25.5 Å². The Morgan fingerprint density at radius 3 is 2.53 bits per heavy atom. The van der Waals surface area contributed by atoms with Gasteiger partial charge in [-0.25, -0.2) is 15.3 Å². The maximum atomic E-state index is 13.5. The molecule has 6 unspecified atom stereocenters. The molecule has 0 bridgehead atoms. The number of hydrogen-bond acceptors (Lipinski definition) is 13. The number of guanidine groups is 1. The molecule has 1 fully saturated rings. The number of thioether (sulfide) groups is 1. The summed E-state index contributed by atoms with van der Waals surface area (Å²) in [6.07, 6.45) is 10.9. The molecule has 21 heteroatoms. The normalized spacial score (nSPS) is 25.0. The summed E-state index contributed by atoms with van der Waals surface area (Å²) in [6, 6.07) is -0.690. The van der Waals surface area contributed by atoms with Crippen molar-refractivity contribution in [2.75, 3.05) is 26.4 Å². The maximum Gasteiger partial charge on any atom is 0.407 e. The average Bonchev–Trinajstić information content (AvgIpc) is 3.81. The number of ketones is 1. The van der Waals surface area contributed by atoms with Gasteiger partial charge in [-0.3, -0.25) is 29.3 Å². The first-order chi connectivity index (χ1) is 27.7. The number of Topliss-reactive ketones (excluding diaryl/α,β-unsaturated/α-hetero) is 1. The summed E-state index contributed by atoms with van der Waals surface area (Å²) in [5.41, 5.74) is 11.0. The first-order valence-electron chi connectivity index (χ1n) is 19.0. The number of ether oxygens (including phenoxy) is 1. The molecular weight excluding hydrogens is 809 g/mol. The summed E-state index contributed by atoms with van der Waals surface area (Å²) >= 11 is 7.68. The van der Waals surface area contributed by atoms with Crippen LogP contribution in [0.15, 0.2) is 73.5 Å². The first-order valence-corrected chi connectivity index (χ1v) is 20.9. The Hall–Kier alpha value is -4.55. The number of allylic oxidation sites excluding steroid dienone is 5. The molecule has 316 valence electrons. The van der Waals surface area contributed by atoms with Crippen LogP contribution in [0.2, 0.25) is 0 Å². The van der Waals surface area contributed by atoms with Crippen LogP contribution in [0.3, 0.4) is 0 Å². The molecule has 0 aromatic carbocycles. The van der Waals surface area contributed by atoms with Crippen LogP contribution in [0, 0.1) is 0 Å². The third-order valence-electron chi connectivity index (χ3n) is 9.99. The summed E-state index contributed by atoms with van der Waals surface area (Å²) in [5, 5.41) is 21.6. The second-order valence-corrected chi connectivity index (χ2v) is 16.7. The number of aliphatic imine (C=N–C) groups is 1. The Balaban J connectivity index is 0.950. The van der Waals surface area contributed by atoms with Crippen molar-refractivity contribution in [3.05, 3.63) is 68.6 Å². The van der Waals surface area contributed by atoms with E-state index < -0.39 is 24.2 Å². The van der Waals surface area contributed by atoms with Crippen molar-refractivity contribution >= 4 is 68.2 Å². The Kier molecular flexibility index (Phi) is 16.1. The number of carbonyl (C=O) groups is 5. The summed E-state index contributed by atoms with van der Waals surface area (Å²) in [6.45, 7) is 7.04. The second kappa shape index (κ2) is 20.9. The van der Waals surface area contributed by atoms with Gasteiger partial charge in [-0.05, 0) is 64.3 Å². The summed E-state index contributed by atoms with van der Waals surface area (Å²) in [5.74, 6) is -1.17. The molecule has 2 aliphatic carbocycles. The molecule has 0 aromatic rings. The number of alkyl carbamates (subject to hydrolysis) is 1. The second-order valence-electron chi connectivity index (χ2n) is 14.2. The van der Waals surface area contributed by atoms with Gasteiger partial charge in [-0.2, -0.15) is 0 Å². The summed E-state index contributed by atoms with van der Waals surface area (Å²) in [4.78, 5) is 76.2. The molecule has 6 atom stereocenters. The first kappa shape index (κ1) is 44.6. The van der Waals surface area contributed by atoms with E-state index in [1.807, 2.05) is 26.0 Å². The van der Waals surface area contributed by atoms with Crippen molar-refractivity contribution in [1.29, 1.82) is 0 Å². The van der Waals surface area contributed by atoms with Gasteiger partial charge in [-0.15, -0.1) is 9.24 Å². The highest BCUT2D eigenvalue weighted by atomic mass is 35.5. The van der Waals surface area contributed by atoms with Gasteiger partial charge in [0.25, 0.3) is 17.7 Å². The molecule has 3 aliphatic heterocycles. The van der Waals surface area contributed by atoms with Crippen LogP contribution >= 0.6 is 32.6 Å². The van der Waals surface area contributed by atoms with Crippen molar-refractivity contribution in [2.24, 2.45) is 10.7 Å². The number of hydrogen-bond donors (Lipinski definition) is 9. The average molecular weight is 862 g/mol. The Morgan fingerprint density at radius 2 is 1.86 bits per heavy atom. The largest absolute Gasteiger partial charge is 0.447 e. The minimum Gasteiger partial charge on any atom is -0.447 e. The van der Waals surface area contributed by atoms with Crippen LogP contribution in [0.25, 0.3) is 0 Å². The van der Waals surface area contributed by atoms with E-state index in [0.29, 0.717) is 16.2 Å². The molecule has 0 spiro atoms. The molecule has 58 heavy (non-hydrogen) atoms. The zero-order valence-corrected chi connectivity index (χ0v) is 35.6. The van der Waals surface area contributed by atoms with E-state index in [1.165, 1.54) is 18.7 Å². The number of halogens is 1. The van der Waals surface area contributed by atoms with Gasteiger partial charge in [0.2, 0.25) is 0 Å². The molecule has 5 rings (SSSR count). The lowest BCUT2D eigenvalue weighted by Crippen LogP contribution is -2.56. The number of amides is 4. The van der Waals surface area contributed by atoms with E-state index in [2.05, 4.69) is 51.9 Å². The van der Waals surface area contributed by atoms with E-state index in [1.54, 1.807) is 30.2 Å². The lowest BCUT2D eigenvalue weighted by atomic mass is 9.93. The quantitative estimate of drug-likeness (QED) is 0.0202. The highest BCUT2D eigenvalue weighted by Crippen LogP contribution is 2.37. The topological polar surface area (TPSA) is 242 Å². The van der Waals surface area contributed by atoms with Crippen LogP contribution in [-0.2, 0) is 28.8 Å². The number of nitrogens with one attached hydrogen (secondary N) is 8. The molecule has 0 radical (unpaired) electrons. The summed E-state index contributed by atoms with van der Waals surface area (Å²) in [7, 11) is 2.73. The van der Waals surface area contributed by atoms with Crippen LogP contribution in [0.5, 0.6) is 0 Å². The Morgan fingerprint density at radius 1 is 1.10 bits per heavy atom. The van der Waals surface area contributed by atoms with Crippen molar-refractivity contribution in [3.8, 4) is 0 Å². The number of carbonyl (C=O) groups excluding carboxylic acids is 5. The van der Waals surface area contributed by atoms with E-state index in [4.69, 9.17) is 31.9 Å². The Bertz CT molecular complexity index is 1830. The van der Waals surface area contributed by atoms with Crippen LogP contribution in [0.1, 0.15) is 59.8 Å². The minimum atomic E-state index is -0.770. The smallest absolute Gasteiger partial charge is 0.407 e. The molecule has 0 saturated heterocycles. The van der Waals surface area contributed by atoms with Crippen LogP contribution in [0.4, 0.5) is 4.79 Å². The lowest BCUT2D eigenvalue weighted by Gasteiger charge is -2.42. The van der Waals surface area contributed by atoms with Gasteiger partial charge in [0, 0.05) is 45.5 Å². The lowest BCUT2D eigenvalue weighted by molar-refractivity contribution is -0.135. The zero-order valence-electron chi connectivity index (χ0n) is 32.9. The maximum absolute atomic E-state index is 13.5. The number of dihydropyridines is 1. The number of rotatable bonds is 16. The predicted octanol–water partition coefficient (Wildman–Crippen LogP) is 1.20. The fourth-order valence-electron chi connectivity index (χ4n) is 6.90. The van der Waals surface area contributed by atoms with Crippen molar-refractivity contribution in [3.63, 3.8) is 0 Å². The number of nitrogens with two attached hydrogens (primary N) is 1. The number of hydroxylamine groups is 1. The van der Waals surface area contributed by atoms with E-state index in [0.717, 1.165) is 42.0 Å².